The van der Waals surface area contributed by atoms with Gasteiger partial charge in [-0.1, -0.05) is 25.1 Å². The Balaban J connectivity index is 1.57. The lowest BCUT2D eigenvalue weighted by Gasteiger charge is -2.17. The van der Waals surface area contributed by atoms with E-state index in [-0.39, 0.29) is 30.2 Å². The lowest BCUT2D eigenvalue weighted by atomic mass is 9.88. The summed E-state index contributed by atoms with van der Waals surface area (Å²) in [6, 6.07) is 3.89. The first-order valence-corrected chi connectivity index (χ1v) is 10.1. The highest BCUT2D eigenvalue weighted by Crippen LogP contribution is 2.32. The van der Waals surface area contributed by atoms with Gasteiger partial charge in [-0.25, -0.2) is 9.97 Å². The van der Waals surface area contributed by atoms with Gasteiger partial charge in [0.25, 0.3) is 5.89 Å². The predicted octanol–water partition coefficient (Wildman–Crippen LogP) is 1.90. The van der Waals surface area contributed by atoms with Crippen LogP contribution in [0.25, 0.3) is 22.7 Å². The molecule has 32 heavy (non-hydrogen) atoms. The maximum Gasteiger partial charge on any atom is 0.261 e. The number of carbonyl (C=O) groups excluding carboxylic acids is 1. The van der Waals surface area contributed by atoms with Crippen LogP contribution in [0, 0.1) is 5.92 Å². The van der Waals surface area contributed by atoms with E-state index in [4.69, 9.17) is 10.3 Å². The monoisotopic (exact) mass is 433 g/mol. The van der Waals surface area contributed by atoms with Crippen LogP contribution in [0.1, 0.15) is 31.2 Å². The first-order chi connectivity index (χ1) is 15.4. The van der Waals surface area contributed by atoms with Gasteiger partial charge in [0, 0.05) is 37.4 Å². The molecule has 1 amide bonds. The van der Waals surface area contributed by atoms with Crippen molar-refractivity contribution in [3.05, 3.63) is 54.5 Å². The maximum absolute atomic E-state index is 11.5. The molecule has 0 fully saturated rings. The van der Waals surface area contributed by atoms with Crippen molar-refractivity contribution in [1.29, 1.82) is 0 Å². The van der Waals surface area contributed by atoms with Crippen molar-refractivity contribution in [2.45, 2.75) is 26.3 Å². The first kappa shape index (κ1) is 21.1. The summed E-state index contributed by atoms with van der Waals surface area (Å²) in [6.07, 6.45) is 8.37. The fourth-order valence-electron chi connectivity index (χ4n) is 3.33. The lowest BCUT2D eigenvalue weighted by molar-refractivity contribution is -0.121. The molecule has 0 radical (unpaired) electrons. The standard InChI is InChI=1S/C21H23N9O2/c1-12(2)18(13-4-5-16(24-6-13)14-7-25-21(22)26-8-14)19-28-20(32-29-19)15-9-27-30(10-15)11-17(31)23-3/h4-10,12,18H,11H2,1-3H3,(H,23,31)(H2,22,25,26)/t18-/m1/s1. The van der Waals surface area contributed by atoms with Gasteiger partial charge >= 0.3 is 0 Å². The van der Waals surface area contributed by atoms with Crippen LogP contribution in [0.4, 0.5) is 5.95 Å². The van der Waals surface area contributed by atoms with Crippen molar-refractivity contribution in [2.75, 3.05) is 12.8 Å². The third-order valence-corrected chi connectivity index (χ3v) is 4.96. The Morgan fingerprint density at radius 1 is 1.12 bits per heavy atom. The molecule has 0 bridgehead atoms. The summed E-state index contributed by atoms with van der Waals surface area (Å²) in [5, 5.41) is 10.9. The average Bonchev–Trinajstić information content (AvgIpc) is 3.44. The third kappa shape index (κ3) is 4.46. The largest absolute Gasteiger partial charge is 0.368 e. The average molecular weight is 433 g/mol. The summed E-state index contributed by atoms with van der Waals surface area (Å²) < 4.78 is 7.00. The molecule has 3 N–H and O–H groups in total. The van der Waals surface area contributed by atoms with Crippen LogP contribution in [-0.2, 0) is 11.3 Å². The molecule has 4 heterocycles. The van der Waals surface area contributed by atoms with Crippen LogP contribution >= 0.6 is 0 Å². The summed E-state index contributed by atoms with van der Waals surface area (Å²) in [5.41, 5.74) is 8.68. The Hall–Kier alpha value is -4.15. The van der Waals surface area contributed by atoms with Crippen molar-refractivity contribution >= 4 is 11.9 Å². The fraction of sp³-hybridized carbons (Fsp3) is 0.286. The highest BCUT2D eigenvalue weighted by molar-refractivity contribution is 5.75. The number of aromatic nitrogens is 7. The van der Waals surface area contributed by atoms with Gasteiger partial charge in [0.05, 0.1) is 23.4 Å². The van der Waals surface area contributed by atoms with Crippen LogP contribution in [0.5, 0.6) is 0 Å². The molecule has 4 aromatic heterocycles. The van der Waals surface area contributed by atoms with E-state index in [2.05, 4.69) is 49.4 Å². The normalized spacial score (nSPS) is 12.1. The van der Waals surface area contributed by atoms with E-state index in [0.29, 0.717) is 17.3 Å². The first-order valence-electron chi connectivity index (χ1n) is 10.1. The molecular weight excluding hydrogens is 410 g/mol. The molecule has 0 aromatic carbocycles. The second kappa shape index (κ2) is 8.92. The van der Waals surface area contributed by atoms with Gasteiger partial charge in [0.15, 0.2) is 5.82 Å². The number of likely N-dealkylation sites (N-methyl/N-ethyl adjacent to an activating group) is 1. The molecule has 0 aliphatic carbocycles. The Morgan fingerprint density at radius 2 is 1.91 bits per heavy atom. The van der Waals surface area contributed by atoms with Crippen LogP contribution in [-0.4, -0.2) is 47.8 Å². The van der Waals surface area contributed by atoms with E-state index in [9.17, 15) is 4.79 Å². The van der Waals surface area contributed by atoms with Crippen molar-refractivity contribution in [3.63, 3.8) is 0 Å². The molecule has 0 saturated heterocycles. The number of carbonyl (C=O) groups is 1. The second-order valence-corrected chi connectivity index (χ2v) is 7.59. The van der Waals surface area contributed by atoms with E-state index < -0.39 is 0 Å². The third-order valence-electron chi connectivity index (χ3n) is 4.96. The molecule has 0 unspecified atom stereocenters. The number of nitrogen functional groups attached to an aromatic ring is 1. The number of anilines is 1. The molecule has 4 rings (SSSR count). The van der Waals surface area contributed by atoms with Crippen LogP contribution in [0.15, 0.2) is 47.6 Å². The van der Waals surface area contributed by atoms with Gasteiger partial charge in [-0.2, -0.15) is 10.1 Å². The van der Waals surface area contributed by atoms with Crippen molar-refractivity contribution in [3.8, 4) is 22.7 Å². The number of nitrogens with zero attached hydrogens (tertiary/aromatic N) is 7. The molecular formula is C21H23N9O2. The van der Waals surface area contributed by atoms with Gasteiger partial charge in [-0.3, -0.25) is 14.5 Å². The minimum Gasteiger partial charge on any atom is -0.368 e. The summed E-state index contributed by atoms with van der Waals surface area (Å²) in [4.78, 5) is 28.7. The summed E-state index contributed by atoms with van der Waals surface area (Å²) >= 11 is 0. The minimum absolute atomic E-state index is 0.113. The van der Waals surface area contributed by atoms with E-state index in [0.717, 1.165) is 16.8 Å². The topological polar surface area (TPSA) is 151 Å². The van der Waals surface area contributed by atoms with Gasteiger partial charge < -0.3 is 15.6 Å². The number of nitrogens with two attached hydrogens (primary N) is 1. The molecule has 164 valence electrons. The maximum atomic E-state index is 11.5. The number of pyridine rings is 1. The molecule has 0 aliphatic rings. The quantitative estimate of drug-likeness (QED) is 0.445. The van der Waals surface area contributed by atoms with Crippen molar-refractivity contribution in [1.82, 2.24) is 40.2 Å². The molecule has 0 saturated carbocycles. The Bertz CT molecular complexity index is 1200. The zero-order valence-electron chi connectivity index (χ0n) is 17.9. The lowest BCUT2D eigenvalue weighted by Crippen LogP contribution is -2.23. The molecule has 0 aliphatic heterocycles. The van der Waals surface area contributed by atoms with Gasteiger partial charge in [0.1, 0.15) is 6.54 Å². The number of hydrogen-bond donors (Lipinski definition) is 2. The Morgan fingerprint density at radius 3 is 2.56 bits per heavy atom. The van der Waals surface area contributed by atoms with Crippen LogP contribution in [0.2, 0.25) is 0 Å². The highest BCUT2D eigenvalue weighted by Gasteiger charge is 2.25. The zero-order valence-corrected chi connectivity index (χ0v) is 17.9. The Labute approximate surface area is 184 Å². The summed E-state index contributed by atoms with van der Waals surface area (Å²) in [6.45, 7) is 4.29. The van der Waals surface area contributed by atoms with Crippen LogP contribution < -0.4 is 11.1 Å². The summed E-state index contributed by atoms with van der Waals surface area (Å²) in [5.74, 6) is 1.06. The van der Waals surface area contributed by atoms with E-state index in [1.54, 1.807) is 38.0 Å². The smallest absolute Gasteiger partial charge is 0.261 e. The highest BCUT2D eigenvalue weighted by atomic mass is 16.5. The van der Waals surface area contributed by atoms with Crippen molar-refractivity contribution in [2.24, 2.45) is 5.92 Å². The Kier molecular flexibility index (Phi) is 5.88. The summed E-state index contributed by atoms with van der Waals surface area (Å²) in [7, 11) is 1.58. The second-order valence-electron chi connectivity index (χ2n) is 7.59. The predicted molar refractivity (Wildman–Crippen MR) is 116 cm³/mol. The van der Waals surface area contributed by atoms with E-state index >= 15 is 0 Å². The van der Waals surface area contributed by atoms with Gasteiger partial charge in [-0.15, -0.1) is 0 Å². The SMILES string of the molecule is CNC(=O)Cn1cc(-c2nc([C@@H](c3ccc(-c4cnc(N)nc4)nc3)C(C)C)no2)cn1. The number of amides is 1. The molecule has 4 aromatic rings. The zero-order chi connectivity index (χ0) is 22.7. The molecule has 0 spiro atoms. The van der Waals surface area contributed by atoms with E-state index in [1.807, 2.05) is 12.1 Å². The van der Waals surface area contributed by atoms with Crippen molar-refractivity contribution < 1.29 is 9.32 Å². The van der Waals surface area contributed by atoms with Gasteiger partial charge in [-0.05, 0) is 17.5 Å². The molecule has 11 heteroatoms. The van der Waals surface area contributed by atoms with Crippen LogP contribution in [0.3, 0.4) is 0 Å². The number of rotatable bonds is 7. The van der Waals surface area contributed by atoms with E-state index in [1.165, 1.54) is 4.68 Å². The van der Waals surface area contributed by atoms with Gasteiger partial charge in [0.2, 0.25) is 11.9 Å². The molecule has 11 nitrogen and oxygen atoms in total. The minimum atomic E-state index is -0.146. The fourth-order valence-corrected chi connectivity index (χ4v) is 3.33. The molecule has 1 atom stereocenters. The number of hydrogen-bond acceptors (Lipinski definition) is 9. The number of nitrogens with one attached hydrogen (secondary N) is 1.